The van der Waals surface area contributed by atoms with Crippen LogP contribution in [-0.2, 0) is 16.6 Å². The fraction of sp³-hybridized carbons (Fsp3) is 0.158. The molecular formula is C19H18FN5O5S. The van der Waals surface area contributed by atoms with E-state index in [9.17, 15) is 27.7 Å². The summed E-state index contributed by atoms with van der Waals surface area (Å²) in [4.78, 5) is 26.5. The summed E-state index contributed by atoms with van der Waals surface area (Å²) in [5.41, 5.74) is -0.0707. The highest BCUT2D eigenvalue weighted by molar-refractivity contribution is 7.89. The number of hydrogen-bond donors (Lipinski definition) is 2. The number of amides is 1. The summed E-state index contributed by atoms with van der Waals surface area (Å²) < 4.78 is 39.4. The van der Waals surface area contributed by atoms with Crippen LogP contribution in [-0.4, -0.2) is 28.8 Å². The Bertz CT molecular complexity index is 1300. The fourth-order valence-electron chi connectivity index (χ4n) is 3.03. The third kappa shape index (κ3) is 4.59. The predicted molar refractivity (Wildman–Crippen MR) is 109 cm³/mol. The van der Waals surface area contributed by atoms with Crippen molar-refractivity contribution in [3.05, 3.63) is 81.2 Å². The molecule has 0 aliphatic carbocycles. The summed E-state index contributed by atoms with van der Waals surface area (Å²) in [5, 5.41) is 18.8. The molecule has 1 amide bonds. The number of rotatable bonds is 6. The Hall–Kier alpha value is -3.64. The number of nitrogens with two attached hydrogens (primary N) is 1. The van der Waals surface area contributed by atoms with Gasteiger partial charge in [0.05, 0.1) is 21.1 Å². The van der Waals surface area contributed by atoms with Gasteiger partial charge in [-0.1, -0.05) is 6.07 Å². The van der Waals surface area contributed by atoms with E-state index in [4.69, 9.17) is 5.14 Å². The average Bonchev–Trinajstić information content (AvgIpc) is 3.10. The van der Waals surface area contributed by atoms with Crippen molar-refractivity contribution in [3.63, 3.8) is 0 Å². The molecule has 0 saturated heterocycles. The van der Waals surface area contributed by atoms with Crippen LogP contribution in [0.15, 0.2) is 47.6 Å². The molecule has 1 heterocycles. The van der Waals surface area contributed by atoms with Gasteiger partial charge in [0.2, 0.25) is 10.0 Å². The van der Waals surface area contributed by atoms with E-state index in [1.807, 2.05) is 0 Å². The number of hydrogen-bond acceptors (Lipinski definition) is 6. The Morgan fingerprint density at radius 2 is 2.00 bits per heavy atom. The number of nitro groups is 1. The van der Waals surface area contributed by atoms with Gasteiger partial charge in [-0.2, -0.15) is 0 Å². The molecule has 10 nitrogen and oxygen atoms in total. The minimum Gasteiger partial charge on any atom is -0.348 e. The summed E-state index contributed by atoms with van der Waals surface area (Å²) in [5.74, 6) is -0.691. The second-order valence-electron chi connectivity index (χ2n) is 6.73. The number of benzene rings is 2. The van der Waals surface area contributed by atoms with Crippen molar-refractivity contribution in [2.45, 2.75) is 25.3 Å². The Balaban J connectivity index is 1.86. The summed E-state index contributed by atoms with van der Waals surface area (Å²) in [6.07, 6.45) is 3.16. The van der Waals surface area contributed by atoms with Crippen LogP contribution in [0.5, 0.6) is 0 Å². The van der Waals surface area contributed by atoms with E-state index < -0.39 is 37.3 Å². The Morgan fingerprint density at radius 1 is 1.29 bits per heavy atom. The maximum absolute atomic E-state index is 14.5. The second-order valence-corrected chi connectivity index (χ2v) is 8.29. The minimum atomic E-state index is -4.28. The Labute approximate surface area is 176 Å². The zero-order valence-corrected chi connectivity index (χ0v) is 17.3. The van der Waals surface area contributed by atoms with Gasteiger partial charge in [-0.25, -0.2) is 22.9 Å². The molecule has 3 rings (SSSR count). The van der Waals surface area contributed by atoms with Crippen molar-refractivity contribution in [1.82, 2.24) is 14.9 Å². The number of imidazole rings is 1. The van der Waals surface area contributed by atoms with E-state index >= 15 is 0 Å². The first kappa shape index (κ1) is 22.1. The molecule has 3 aromatic rings. The number of aromatic nitrogens is 2. The molecule has 0 saturated carbocycles. The number of primary sulfonamides is 1. The first-order valence-corrected chi connectivity index (χ1v) is 10.4. The number of carbonyl (C=O) groups is 1. The number of carbonyl (C=O) groups excluding carboxylic acids is 1. The SMILES string of the molecule is Cc1c(C(=O)NCc2ccc(-n3ccnc3C)c(F)c2)cc(S(N)(=O)=O)cc1[N+](=O)[O-]. The molecule has 0 atom stereocenters. The van der Waals surface area contributed by atoms with Gasteiger partial charge in [0, 0.05) is 30.6 Å². The van der Waals surface area contributed by atoms with Crippen LogP contribution < -0.4 is 10.5 Å². The molecule has 0 aliphatic rings. The highest BCUT2D eigenvalue weighted by atomic mass is 32.2. The highest BCUT2D eigenvalue weighted by Gasteiger charge is 2.24. The molecule has 0 aliphatic heterocycles. The molecule has 3 N–H and O–H groups in total. The average molecular weight is 447 g/mol. The van der Waals surface area contributed by atoms with Gasteiger partial charge in [-0.15, -0.1) is 0 Å². The molecule has 0 bridgehead atoms. The van der Waals surface area contributed by atoms with Crippen molar-refractivity contribution in [2.24, 2.45) is 5.14 Å². The van der Waals surface area contributed by atoms with Crippen LogP contribution in [0.25, 0.3) is 5.69 Å². The van der Waals surface area contributed by atoms with Crippen LogP contribution >= 0.6 is 0 Å². The monoisotopic (exact) mass is 447 g/mol. The quantitative estimate of drug-likeness (QED) is 0.436. The maximum atomic E-state index is 14.5. The predicted octanol–water partition coefficient (Wildman–Crippen LogP) is 2.11. The lowest BCUT2D eigenvalue weighted by molar-refractivity contribution is -0.385. The third-order valence-electron chi connectivity index (χ3n) is 4.67. The van der Waals surface area contributed by atoms with E-state index in [0.29, 0.717) is 11.4 Å². The molecule has 0 spiro atoms. The number of nitrogens with one attached hydrogen (secondary N) is 1. The molecule has 31 heavy (non-hydrogen) atoms. The number of sulfonamides is 1. The standard InChI is InChI=1S/C19H18FN5O5S/c1-11-15(8-14(31(21,29)30)9-18(11)25(27)28)19(26)23-10-13-3-4-17(16(20)7-13)24-6-5-22-12(24)2/h3-9H,10H2,1-2H3,(H,23,26)(H2,21,29,30). The zero-order valence-electron chi connectivity index (χ0n) is 16.5. The molecule has 12 heteroatoms. The smallest absolute Gasteiger partial charge is 0.274 e. The fourth-order valence-corrected chi connectivity index (χ4v) is 3.59. The van der Waals surface area contributed by atoms with Gasteiger partial charge in [0.1, 0.15) is 11.6 Å². The summed E-state index contributed by atoms with van der Waals surface area (Å²) in [6, 6.07) is 6.15. The third-order valence-corrected chi connectivity index (χ3v) is 5.57. The second kappa shape index (κ2) is 8.24. The molecular weight excluding hydrogens is 429 g/mol. The van der Waals surface area contributed by atoms with Gasteiger partial charge in [0.15, 0.2) is 0 Å². The lowest BCUT2D eigenvalue weighted by atomic mass is 10.1. The molecule has 0 radical (unpaired) electrons. The maximum Gasteiger partial charge on any atom is 0.274 e. The van der Waals surface area contributed by atoms with Crippen molar-refractivity contribution < 1.29 is 22.5 Å². The van der Waals surface area contributed by atoms with Gasteiger partial charge in [-0.05, 0) is 37.6 Å². The van der Waals surface area contributed by atoms with E-state index in [-0.39, 0.29) is 23.4 Å². The van der Waals surface area contributed by atoms with E-state index in [1.165, 1.54) is 19.1 Å². The van der Waals surface area contributed by atoms with Crippen molar-refractivity contribution in [3.8, 4) is 5.69 Å². The van der Waals surface area contributed by atoms with Gasteiger partial charge >= 0.3 is 0 Å². The van der Waals surface area contributed by atoms with Gasteiger partial charge in [-0.3, -0.25) is 14.9 Å². The molecule has 162 valence electrons. The molecule has 0 fully saturated rings. The number of nitrogens with zero attached hydrogens (tertiary/aromatic N) is 3. The first-order chi connectivity index (χ1) is 14.5. The van der Waals surface area contributed by atoms with E-state index in [2.05, 4.69) is 10.3 Å². The zero-order chi connectivity index (χ0) is 22.9. The molecule has 0 unspecified atom stereocenters. The largest absolute Gasteiger partial charge is 0.348 e. The van der Waals surface area contributed by atoms with Crippen molar-refractivity contribution in [1.29, 1.82) is 0 Å². The van der Waals surface area contributed by atoms with Crippen LogP contribution in [0.4, 0.5) is 10.1 Å². The van der Waals surface area contributed by atoms with Gasteiger partial charge < -0.3 is 9.88 Å². The lowest BCUT2D eigenvalue weighted by Crippen LogP contribution is -2.25. The summed E-state index contributed by atoms with van der Waals surface area (Å²) >= 11 is 0. The van der Waals surface area contributed by atoms with Crippen LogP contribution in [0, 0.1) is 29.8 Å². The Morgan fingerprint density at radius 3 is 2.55 bits per heavy atom. The topological polar surface area (TPSA) is 150 Å². The normalized spacial score (nSPS) is 11.4. The van der Waals surface area contributed by atoms with E-state index in [1.54, 1.807) is 30.0 Å². The lowest BCUT2D eigenvalue weighted by Gasteiger charge is -2.11. The molecule has 1 aromatic heterocycles. The van der Waals surface area contributed by atoms with E-state index in [0.717, 1.165) is 12.1 Å². The Kier molecular flexibility index (Phi) is 5.86. The highest BCUT2D eigenvalue weighted by Crippen LogP contribution is 2.26. The van der Waals surface area contributed by atoms with Crippen LogP contribution in [0.3, 0.4) is 0 Å². The van der Waals surface area contributed by atoms with Crippen LogP contribution in [0.1, 0.15) is 27.3 Å². The minimum absolute atomic E-state index is 0.0213. The number of aryl methyl sites for hydroxylation is 1. The first-order valence-electron chi connectivity index (χ1n) is 8.88. The summed E-state index contributed by atoms with van der Waals surface area (Å²) in [6.45, 7) is 2.96. The number of halogens is 1. The molecule has 2 aromatic carbocycles. The number of nitro benzene ring substituents is 1. The van der Waals surface area contributed by atoms with Crippen molar-refractivity contribution >= 4 is 21.6 Å². The van der Waals surface area contributed by atoms with Crippen molar-refractivity contribution in [2.75, 3.05) is 0 Å². The van der Waals surface area contributed by atoms with Gasteiger partial charge in [0.25, 0.3) is 11.6 Å². The summed E-state index contributed by atoms with van der Waals surface area (Å²) in [7, 11) is -4.28. The van der Waals surface area contributed by atoms with Crippen LogP contribution in [0.2, 0.25) is 0 Å².